The van der Waals surface area contributed by atoms with E-state index in [-0.39, 0.29) is 11.4 Å². The SMILES string of the molecule is CSc1ccc(C)c(C(=O)NCC(C)(C)N2CC(C)CC(C)C2)c1. The van der Waals surface area contributed by atoms with Gasteiger partial charge in [-0.1, -0.05) is 19.9 Å². The number of benzene rings is 1. The highest BCUT2D eigenvalue weighted by molar-refractivity contribution is 7.98. The summed E-state index contributed by atoms with van der Waals surface area (Å²) in [7, 11) is 0. The molecule has 1 aliphatic heterocycles. The Morgan fingerprint density at radius 1 is 1.29 bits per heavy atom. The fourth-order valence-corrected chi connectivity index (χ4v) is 4.07. The summed E-state index contributed by atoms with van der Waals surface area (Å²) in [6.07, 6.45) is 3.34. The number of carbonyl (C=O) groups excluding carboxylic acids is 1. The van der Waals surface area contributed by atoms with Gasteiger partial charge in [0.1, 0.15) is 0 Å². The molecule has 1 aromatic rings. The maximum absolute atomic E-state index is 12.7. The molecule has 0 aromatic heterocycles. The minimum absolute atomic E-state index is 0.0242. The molecule has 1 aromatic carbocycles. The maximum atomic E-state index is 12.7. The predicted molar refractivity (Wildman–Crippen MR) is 104 cm³/mol. The summed E-state index contributed by atoms with van der Waals surface area (Å²) in [6, 6.07) is 6.09. The largest absolute Gasteiger partial charge is 0.350 e. The van der Waals surface area contributed by atoms with Crippen LogP contribution in [-0.2, 0) is 0 Å². The van der Waals surface area contributed by atoms with Gasteiger partial charge in [0.05, 0.1) is 0 Å². The Bertz CT molecular complexity index is 575. The zero-order valence-corrected chi connectivity index (χ0v) is 16.8. The number of likely N-dealkylation sites (tertiary alicyclic amines) is 1. The number of piperidine rings is 1. The molecule has 0 spiro atoms. The Hall–Kier alpha value is -1.00. The Morgan fingerprint density at radius 3 is 2.50 bits per heavy atom. The standard InChI is InChI=1S/C20H32N2OS/c1-14-9-15(2)12-22(11-14)20(4,5)13-21-19(23)18-10-17(24-6)8-7-16(18)3/h7-8,10,14-15H,9,11-13H2,1-6H3,(H,21,23). The Labute approximate surface area is 151 Å². The maximum Gasteiger partial charge on any atom is 0.251 e. The zero-order chi connectivity index (χ0) is 17.9. The van der Waals surface area contributed by atoms with E-state index >= 15 is 0 Å². The van der Waals surface area contributed by atoms with Crippen molar-refractivity contribution in [2.45, 2.75) is 51.5 Å². The summed E-state index contributed by atoms with van der Waals surface area (Å²) in [5.74, 6) is 1.49. The molecule has 24 heavy (non-hydrogen) atoms. The van der Waals surface area contributed by atoms with Crippen molar-refractivity contribution in [3.8, 4) is 0 Å². The van der Waals surface area contributed by atoms with Gasteiger partial charge in [-0.25, -0.2) is 0 Å². The molecule has 1 N–H and O–H groups in total. The van der Waals surface area contributed by atoms with Crippen molar-refractivity contribution in [3.05, 3.63) is 29.3 Å². The first-order chi connectivity index (χ1) is 11.2. The van der Waals surface area contributed by atoms with Crippen LogP contribution in [0.4, 0.5) is 0 Å². The van der Waals surface area contributed by atoms with Gasteiger partial charge >= 0.3 is 0 Å². The normalized spacial score (nSPS) is 22.4. The third kappa shape index (κ3) is 4.76. The summed E-state index contributed by atoms with van der Waals surface area (Å²) < 4.78 is 0. The number of rotatable bonds is 5. The molecule has 0 saturated carbocycles. The highest BCUT2D eigenvalue weighted by atomic mass is 32.2. The van der Waals surface area contributed by atoms with Gasteiger partial charge in [-0.2, -0.15) is 0 Å². The van der Waals surface area contributed by atoms with Crippen molar-refractivity contribution in [1.29, 1.82) is 0 Å². The highest BCUT2D eigenvalue weighted by Gasteiger charge is 2.33. The van der Waals surface area contributed by atoms with Crippen LogP contribution in [0.5, 0.6) is 0 Å². The summed E-state index contributed by atoms with van der Waals surface area (Å²) in [4.78, 5) is 16.3. The minimum Gasteiger partial charge on any atom is -0.350 e. The van der Waals surface area contributed by atoms with E-state index in [0.717, 1.165) is 40.9 Å². The summed E-state index contributed by atoms with van der Waals surface area (Å²) in [5.41, 5.74) is 1.80. The van der Waals surface area contributed by atoms with E-state index in [2.05, 4.69) is 44.0 Å². The molecular formula is C20H32N2OS. The molecule has 2 rings (SSSR count). The predicted octanol–water partition coefficient (Wildman–Crippen LogP) is 4.20. The molecule has 1 amide bonds. The summed E-state index contributed by atoms with van der Waals surface area (Å²) in [6.45, 7) is 14.0. The third-order valence-corrected chi connectivity index (χ3v) is 5.82. The lowest BCUT2D eigenvalue weighted by Gasteiger charge is -2.45. The average molecular weight is 349 g/mol. The fourth-order valence-electron chi connectivity index (χ4n) is 3.63. The Kier molecular flexibility index (Phi) is 6.38. The van der Waals surface area contributed by atoms with Crippen molar-refractivity contribution in [1.82, 2.24) is 10.2 Å². The Balaban J connectivity index is 2.02. The van der Waals surface area contributed by atoms with Crippen molar-refractivity contribution >= 4 is 17.7 Å². The second-order valence-corrected chi connectivity index (χ2v) is 8.91. The zero-order valence-electron chi connectivity index (χ0n) is 16.0. The molecule has 0 radical (unpaired) electrons. The monoisotopic (exact) mass is 348 g/mol. The second-order valence-electron chi connectivity index (χ2n) is 8.03. The number of carbonyl (C=O) groups is 1. The molecule has 4 heteroatoms. The molecule has 3 nitrogen and oxygen atoms in total. The minimum atomic E-state index is -0.0242. The van der Waals surface area contributed by atoms with E-state index in [0.29, 0.717) is 6.54 Å². The first kappa shape index (κ1) is 19.3. The van der Waals surface area contributed by atoms with Crippen LogP contribution in [0.25, 0.3) is 0 Å². The van der Waals surface area contributed by atoms with Crippen LogP contribution in [0.1, 0.15) is 50.0 Å². The van der Waals surface area contributed by atoms with Crippen molar-refractivity contribution in [2.24, 2.45) is 11.8 Å². The van der Waals surface area contributed by atoms with Crippen LogP contribution < -0.4 is 5.32 Å². The number of nitrogens with one attached hydrogen (secondary N) is 1. The molecule has 1 saturated heterocycles. The summed E-state index contributed by atoms with van der Waals surface area (Å²) in [5, 5.41) is 3.17. The summed E-state index contributed by atoms with van der Waals surface area (Å²) >= 11 is 1.67. The van der Waals surface area contributed by atoms with E-state index in [1.807, 2.05) is 25.3 Å². The molecule has 0 bridgehead atoms. The van der Waals surface area contributed by atoms with Gasteiger partial charge in [0.2, 0.25) is 0 Å². The fraction of sp³-hybridized carbons (Fsp3) is 0.650. The number of amides is 1. The van der Waals surface area contributed by atoms with Gasteiger partial charge in [0.15, 0.2) is 0 Å². The molecule has 0 aliphatic carbocycles. The van der Waals surface area contributed by atoms with E-state index in [4.69, 9.17) is 0 Å². The topological polar surface area (TPSA) is 32.3 Å². The van der Waals surface area contributed by atoms with Crippen molar-refractivity contribution in [2.75, 3.05) is 25.9 Å². The van der Waals surface area contributed by atoms with Crippen LogP contribution in [0.3, 0.4) is 0 Å². The molecule has 1 aliphatic rings. The van der Waals surface area contributed by atoms with E-state index in [1.54, 1.807) is 11.8 Å². The van der Waals surface area contributed by atoms with Gasteiger partial charge < -0.3 is 5.32 Å². The van der Waals surface area contributed by atoms with E-state index < -0.39 is 0 Å². The second kappa shape index (κ2) is 7.92. The van der Waals surface area contributed by atoms with E-state index in [1.165, 1.54) is 6.42 Å². The van der Waals surface area contributed by atoms with E-state index in [9.17, 15) is 4.79 Å². The van der Waals surface area contributed by atoms with Gasteiger partial charge in [-0.05, 0) is 63.0 Å². The number of aryl methyl sites for hydroxylation is 1. The molecule has 2 atom stereocenters. The number of nitrogens with zero attached hydrogens (tertiary/aromatic N) is 1. The van der Waals surface area contributed by atoms with Gasteiger partial charge in [-0.3, -0.25) is 9.69 Å². The van der Waals surface area contributed by atoms with Crippen molar-refractivity contribution < 1.29 is 4.79 Å². The van der Waals surface area contributed by atoms with Gasteiger partial charge in [-0.15, -0.1) is 11.8 Å². The van der Waals surface area contributed by atoms with Crippen LogP contribution in [0, 0.1) is 18.8 Å². The lowest BCUT2D eigenvalue weighted by Crippen LogP contribution is -2.56. The molecule has 1 heterocycles. The lowest BCUT2D eigenvalue weighted by atomic mass is 9.88. The molecular weight excluding hydrogens is 316 g/mol. The smallest absolute Gasteiger partial charge is 0.251 e. The van der Waals surface area contributed by atoms with Gasteiger partial charge in [0, 0.05) is 35.6 Å². The molecule has 134 valence electrons. The quantitative estimate of drug-likeness (QED) is 0.809. The van der Waals surface area contributed by atoms with Crippen LogP contribution in [0.15, 0.2) is 23.1 Å². The first-order valence-corrected chi connectivity index (χ1v) is 10.1. The van der Waals surface area contributed by atoms with Crippen molar-refractivity contribution in [3.63, 3.8) is 0 Å². The molecule has 2 unspecified atom stereocenters. The number of hydrogen-bond acceptors (Lipinski definition) is 3. The lowest BCUT2D eigenvalue weighted by molar-refractivity contribution is 0.0445. The first-order valence-electron chi connectivity index (χ1n) is 8.91. The van der Waals surface area contributed by atoms with Gasteiger partial charge in [0.25, 0.3) is 5.91 Å². The average Bonchev–Trinajstić information content (AvgIpc) is 2.52. The highest BCUT2D eigenvalue weighted by Crippen LogP contribution is 2.27. The molecule has 1 fully saturated rings. The Morgan fingerprint density at radius 2 is 1.92 bits per heavy atom. The van der Waals surface area contributed by atoms with Crippen LogP contribution in [0.2, 0.25) is 0 Å². The van der Waals surface area contributed by atoms with Crippen LogP contribution in [-0.4, -0.2) is 42.2 Å². The third-order valence-electron chi connectivity index (χ3n) is 5.10. The number of thioether (sulfide) groups is 1. The van der Waals surface area contributed by atoms with Crippen LogP contribution >= 0.6 is 11.8 Å². The number of hydrogen-bond donors (Lipinski definition) is 1.